The van der Waals surface area contributed by atoms with Crippen LogP contribution in [-0.4, -0.2) is 0 Å². The molecule has 2 aromatic carbocycles. The van der Waals surface area contributed by atoms with Gasteiger partial charge in [0.25, 0.3) is 0 Å². The average Bonchev–Trinajstić information content (AvgIpc) is 2.31. The zero-order valence-corrected chi connectivity index (χ0v) is 10.1. The van der Waals surface area contributed by atoms with Gasteiger partial charge in [0.05, 0.1) is 11.3 Å². The smallest absolute Gasteiger partial charge is 0.396 e. The molecule has 0 aliphatic carbocycles. The fourth-order valence-corrected chi connectivity index (χ4v) is 1.86. The molecule has 0 spiro atoms. The van der Waals surface area contributed by atoms with Gasteiger partial charge in [-0.15, -0.1) is 0 Å². The number of aryl methyl sites for hydroxylation is 1. The highest BCUT2D eigenvalue weighted by atomic mass is 19.4. The van der Waals surface area contributed by atoms with Crippen LogP contribution in [0, 0.1) is 12.7 Å². The van der Waals surface area contributed by atoms with Crippen LogP contribution in [0.15, 0.2) is 36.4 Å². The fraction of sp³-hybridized carbons (Fsp3) is 0.143. The topological polar surface area (TPSA) is 26.0 Å². The molecule has 0 atom stereocenters. The van der Waals surface area contributed by atoms with E-state index in [9.17, 15) is 17.6 Å². The van der Waals surface area contributed by atoms with Crippen LogP contribution in [0.25, 0.3) is 11.1 Å². The number of rotatable bonds is 1. The van der Waals surface area contributed by atoms with Crippen LogP contribution in [0.4, 0.5) is 23.2 Å². The van der Waals surface area contributed by atoms with Crippen molar-refractivity contribution in [2.45, 2.75) is 13.1 Å². The van der Waals surface area contributed by atoms with Crippen LogP contribution in [0.2, 0.25) is 0 Å². The van der Waals surface area contributed by atoms with E-state index in [1.807, 2.05) is 0 Å². The van der Waals surface area contributed by atoms with Crippen molar-refractivity contribution >= 4 is 5.69 Å². The molecule has 0 aromatic heterocycles. The Bertz CT molecular complexity index is 617. The van der Waals surface area contributed by atoms with Gasteiger partial charge in [-0.05, 0) is 47.9 Å². The monoisotopic (exact) mass is 269 g/mol. The maximum absolute atomic E-state index is 13.4. The molecule has 2 aromatic rings. The lowest BCUT2D eigenvalue weighted by molar-refractivity contribution is -0.137. The zero-order valence-electron chi connectivity index (χ0n) is 10.1. The standard InChI is InChI=1S/C14H11F4N/c1-8-6-10(14(16,17)18)3-4-11(8)9-2-5-13(19)12(15)7-9/h2-7H,19H2,1H3. The molecule has 1 nitrogen and oxygen atoms in total. The van der Waals surface area contributed by atoms with E-state index >= 15 is 0 Å². The Morgan fingerprint density at radius 2 is 1.68 bits per heavy atom. The molecule has 0 heterocycles. The Labute approximate surface area is 107 Å². The van der Waals surface area contributed by atoms with Crippen LogP contribution in [0.5, 0.6) is 0 Å². The first kappa shape index (κ1) is 13.4. The number of hydrogen-bond donors (Lipinski definition) is 1. The Morgan fingerprint density at radius 3 is 2.21 bits per heavy atom. The molecule has 0 saturated heterocycles. The summed E-state index contributed by atoms with van der Waals surface area (Å²) in [5.41, 5.74) is 6.13. The second-order valence-electron chi connectivity index (χ2n) is 4.26. The summed E-state index contributed by atoms with van der Waals surface area (Å²) in [6.45, 7) is 1.55. The average molecular weight is 269 g/mol. The summed E-state index contributed by atoms with van der Waals surface area (Å²) < 4.78 is 51.0. The van der Waals surface area contributed by atoms with Crippen molar-refractivity contribution in [2.24, 2.45) is 0 Å². The summed E-state index contributed by atoms with van der Waals surface area (Å²) in [4.78, 5) is 0. The van der Waals surface area contributed by atoms with Gasteiger partial charge < -0.3 is 5.73 Å². The molecule has 0 unspecified atom stereocenters. The highest BCUT2D eigenvalue weighted by Crippen LogP contribution is 2.33. The summed E-state index contributed by atoms with van der Waals surface area (Å²) in [5.74, 6) is -0.586. The van der Waals surface area contributed by atoms with Crippen molar-refractivity contribution < 1.29 is 17.6 Å². The van der Waals surface area contributed by atoms with Gasteiger partial charge in [-0.25, -0.2) is 4.39 Å². The van der Waals surface area contributed by atoms with E-state index < -0.39 is 17.6 Å². The van der Waals surface area contributed by atoms with Crippen molar-refractivity contribution in [3.63, 3.8) is 0 Å². The number of benzene rings is 2. The first-order chi connectivity index (χ1) is 8.79. The van der Waals surface area contributed by atoms with E-state index in [-0.39, 0.29) is 5.69 Å². The largest absolute Gasteiger partial charge is 0.416 e. The quantitative estimate of drug-likeness (QED) is 0.602. The van der Waals surface area contributed by atoms with Crippen LogP contribution >= 0.6 is 0 Å². The number of nitrogen functional groups attached to an aromatic ring is 1. The highest BCUT2D eigenvalue weighted by Gasteiger charge is 2.30. The Balaban J connectivity index is 2.49. The van der Waals surface area contributed by atoms with Gasteiger partial charge in [-0.2, -0.15) is 13.2 Å². The Morgan fingerprint density at radius 1 is 1.00 bits per heavy atom. The maximum Gasteiger partial charge on any atom is 0.416 e. The molecule has 0 bridgehead atoms. The number of anilines is 1. The van der Waals surface area contributed by atoms with E-state index in [2.05, 4.69) is 0 Å². The van der Waals surface area contributed by atoms with Crippen LogP contribution in [0.3, 0.4) is 0 Å². The normalized spacial score (nSPS) is 11.6. The van der Waals surface area contributed by atoms with Crippen molar-refractivity contribution in [2.75, 3.05) is 5.73 Å². The van der Waals surface area contributed by atoms with E-state index in [1.54, 1.807) is 13.0 Å². The summed E-state index contributed by atoms with van der Waals surface area (Å²) in [6, 6.07) is 7.55. The molecule has 0 aliphatic heterocycles. The van der Waals surface area contributed by atoms with Crippen molar-refractivity contribution in [3.05, 3.63) is 53.3 Å². The Hall–Kier alpha value is -2.04. The van der Waals surface area contributed by atoms with Gasteiger partial charge in [0, 0.05) is 0 Å². The minimum Gasteiger partial charge on any atom is -0.396 e. The molecule has 19 heavy (non-hydrogen) atoms. The lowest BCUT2D eigenvalue weighted by Gasteiger charge is -2.11. The first-order valence-electron chi connectivity index (χ1n) is 5.52. The van der Waals surface area contributed by atoms with Crippen LogP contribution in [-0.2, 0) is 6.18 Å². The summed E-state index contributed by atoms with van der Waals surface area (Å²) >= 11 is 0. The molecule has 2 N–H and O–H groups in total. The summed E-state index contributed by atoms with van der Waals surface area (Å²) in [6.07, 6.45) is -4.38. The minimum atomic E-state index is -4.38. The van der Waals surface area contributed by atoms with Gasteiger partial charge in [-0.3, -0.25) is 0 Å². The molecule has 2 rings (SSSR count). The van der Waals surface area contributed by atoms with Gasteiger partial charge in [0.2, 0.25) is 0 Å². The third-order valence-corrected chi connectivity index (χ3v) is 2.87. The number of hydrogen-bond acceptors (Lipinski definition) is 1. The molecule has 0 aliphatic rings. The number of halogens is 4. The maximum atomic E-state index is 13.4. The third kappa shape index (κ3) is 2.70. The van der Waals surface area contributed by atoms with Gasteiger partial charge in [0.15, 0.2) is 0 Å². The molecular formula is C14H11F4N. The molecule has 0 saturated carbocycles. The zero-order chi connectivity index (χ0) is 14.2. The van der Waals surface area contributed by atoms with Gasteiger partial charge in [0.1, 0.15) is 5.82 Å². The van der Waals surface area contributed by atoms with E-state index in [0.29, 0.717) is 16.7 Å². The van der Waals surface area contributed by atoms with Crippen molar-refractivity contribution in [3.8, 4) is 11.1 Å². The molecule has 0 amide bonds. The molecule has 5 heteroatoms. The predicted molar refractivity (Wildman–Crippen MR) is 66.0 cm³/mol. The van der Waals surface area contributed by atoms with Crippen LogP contribution in [0.1, 0.15) is 11.1 Å². The van der Waals surface area contributed by atoms with E-state index in [4.69, 9.17) is 5.73 Å². The van der Waals surface area contributed by atoms with Crippen molar-refractivity contribution in [1.82, 2.24) is 0 Å². The lowest BCUT2D eigenvalue weighted by atomic mass is 9.98. The highest BCUT2D eigenvalue weighted by molar-refractivity contribution is 5.69. The van der Waals surface area contributed by atoms with E-state index in [0.717, 1.165) is 12.1 Å². The number of nitrogens with two attached hydrogens (primary N) is 1. The SMILES string of the molecule is Cc1cc(C(F)(F)F)ccc1-c1ccc(N)c(F)c1. The van der Waals surface area contributed by atoms with Gasteiger partial charge >= 0.3 is 6.18 Å². The fourth-order valence-electron chi connectivity index (χ4n) is 1.86. The molecule has 0 fully saturated rings. The molecule has 100 valence electrons. The van der Waals surface area contributed by atoms with Gasteiger partial charge in [-0.1, -0.05) is 12.1 Å². The number of alkyl halides is 3. The third-order valence-electron chi connectivity index (χ3n) is 2.87. The van der Waals surface area contributed by atoms with E-state index in [1.165, 1.54) is 18.2 Å². The molecule has 0 radical (unpaired) electrons. The van der Waals surface area contributed by atoms with Crippen LogP contribution < -0.4 is 5.73 Å². The van der Waals surface area contributed by atoms with Crippen molar-refractivity contribution in [1.29, 1.82) is 0 Å². The summed E-state index contributed by atoms with van der Waals surface area (Å²) in [5, 5.41) is 0. The second kappa shape index (κ2) is 4.57. The minimum absolute atomic E-state index is 0.00770. The second-order valence-corrected chi connectivity index (χ2v) is 4.26. The predicted octanol–water partition coefficient (Wildman–Crippen LogP) is 4.40. The first-order valence-corrected chi connectivity index (χ1v) is 5.52. The molecular weight excluding hydrogens is 258 g/mol. The lowest BCUT2D eigenvalue weighted by Crippen LogP contribution is -2.05. The summed E-state index contributed by atoms with van der Waals surface area (Å²) in [7, 11) is 0. The Kier molecular flexibility index (Phi) is 3.22.